The summed E-state index contributed by atoms with van der Waals surface area (Å²) in [6, 6.07) is 7.99. The third kappa shape index (κ3) is 4.54. The first-order chi connectivity index (χ1) is 7.26. The highest BCUT2D eigenvalue weighted by Gasteiger charge is 2.05. The lowest BCUT2D eigenvalue weighted by molar-refractivity contribution is 0.194. The van der Waals surface area contributed by atoms with Crippen LogP contribution in [0.1, 0.15) is 12.0 Å². The summed E-state index contributed by atoms with van der Waals surface area (Å²) in [7, 11) is 3.36. The van der Waals surface area contributed by atoms with E-state index in [1.54, 1.807) is 14.2 Å². The largest absolute Gasteiger partial charge is 0.497 e. The van der Waals surface area contributed by atoms with E-state index >= 15 is 0 Å². The van der Waals surface area contributed by atoms with Gasteiger partial charge in [-0.25, -0.2) is 0 Å². The van der Waals surface area contributed by atoms with E-state index in [2.05, 4.69) is 0 Å². The van der Waals surface area contributed by atoms with Crippen molar-refractivity contribution in [2.45, 2.75) is 18.2 Å². The lowest BCUT2D eigenvalue weighted by Crippen LogP contribution is -2.06. The van der Waals surface area contributed by atoms with E-state index in [1.807, 2.05) is 24.3 Å². The molecule has 0 aromatic heterocycles. The van der Waals surface area contributed by atoms with Crippen molar-refractivity contribution in [1.82, 2.24) is 0 Å². The van der Waals surface area contributed by atoms with Crippen molar-refractivity contribution >= 4 is 11.6 Å². The second-order valence-corrected chi connectivity index (χ2v) is 4.05. The summed E-state index contributed by atoms with van der Waals surface area (Å²) in [4.78, 5) is 0. The topological polar surface area (TPSA) is 18.5 Å². The van der Waals surface area contributed by atoms with Crippen LogP contribution in [0.2, 0.25) is 0 Å². The molecule has 15 heavy (non-hydrogen) atoms. The predicted molar refractivity (Wildman–Crippen MR) is 62.8 cm³/mol. The zero-order chi connectivity index (χ0) is 11.1. The highest BCUT2D eigenvalue weighted by Crippen LogP contribution is 2.15. The van der Waals surface area contributed by atoms with Crippen LogP contribution in [0.15, 0.2) is 24.3 Å². The molecule has 0 radical (unpaired) electrons. The summed E-state index contributed by atoms with van der Waals surface area (Å²) in [6.07, 6.45) is 1.75. The van der Waals surface area contributed by atoms with Gasteiger partial charge in [-0.2, -0.15) is 0 Å². The standard InChI is InChI=1S/C12H17ClO2/c1-14-8-7-11(13)9-10-3-5-12(15-2)6-4-10/h3-6,11H,7-9H2,1-2H3. The average Bonchev–Trinajstić information content (AvgIpc) is 2.27. The number of ether oxygens (including phenoxy) is 2. The summed E-state index contributed by atoms with van der Waals surface area (Å²) in [5.41, 5.74) is 1.23. The van der Waals surface area contributed by atoms with Crippen LogP contribution in [0, 0.1) is 0 Å². The zero-order valence-corrected chi connectivity index (χ0v) is 9.96. The summed E-state index contributed by atoms with van der Waals surface area (Å²) in [5.74, 6) is 0.877. The molecule has 1 aromatic rings. The van der Waals surface area contributed by atoms with Gasteiger partial charge in [0.05, 0.1) is 7.11 Å². The minimum atomic E-state index is 0.137. The maximum atomic E-state index is 6.16. The lowest BCUT2D eigenvalue weighted by atomic mass is 10.1. The molecule has 0 saturated heterocycles. The van der Waals surface area contributed by atoms with E-state index in [0.717, 1.165) is 18.6 Å². The van der Waals surface area contributed by atoms with Crippen LogP contribution in [0.25, 0.3) is 0 Å². The average molecular weight is 229 g/mol. The van der Waals surface area contributed by atoms with E-state index in [9.17, 15) is 0 Å². The highest BCUT2D eigenvalue weighted by atomic mass is 35.5. The van der Waals surface area contributed by atoms with Crippen molar-refractivity contribution in [1.29, 1.82) is 0 Å². The van der Waals surface area contributed by atoms with Gasteiger partial charge in [-0.15, -0.1) is 11.6 Å². The Morgan fingerprint density at radius 3 is 2.40 bits per heavy atom. The van der Waals surface area contributed by atoms with Crippen LogP contribution in [0.3, 0.4) is 0 Å². The molecule has 0 aliphatic rings. The zero-order valence-electron chi connectivity index (χ0n) is 9.20. The number of methoxy groups -OCH3 is 2. The molecule has 1 atom stereocenters. The SMILES string of the molecule is COCCC(Cl)Cc1ccc(OC)cc1. The first-order valence-corrected chi connectivity index (χ1v) is 5.46. The molecule has 0 amide bonds. The second kappa shape index (κ2) is 6.70. The molecule has 0 bridgehead atoms. The van der Waals surface area contributed by atoms with Gasteiger partial charge in [0.2, 0.25) is 0 Å². The molecule has 3 heteroatoms. The molecule has 0 spiro atoms. The van der Waals surface area contributed by atoms with Crippen LogP contribution < -0.4 is 4.74 Å². The van der Waals surface area contributed by atoms with Crippen LogP contribution in [-0.2, 0) is 11.2 Å². The van der Waals surface area contributed by atoms with Gasteiger partial charge >= 0.3 is 0 Å². The van der Waals surface area contributed by atoms with Gasteiger partial charge in [-0.3, -0.25) is 0 Å². The van der Waals surface area contributed by atoms with Gasteiger partial charge in [-0.05, 0) is 30.5 Å². The first kappa shape index (κ1) is 12.3. The number of alkyl halides is 1. The van der Waals surface area contributed by atoms with Crippen molar-refractivity contribution in [3.05, 3.63) is 29.8 Å². The van der Waals surface area contributed by atoms with Crippen molar-refractivity contribution in [3.8, 4) is 5.75 Å². The van der Waals surface area contributed by atoms with Gasteiger partial charge in [-0.1, -0.05) is 12.1 Å². The molecule has 0 fully saturated rings. The molecule has 1 unspecified atom stereocenters. The van der Waals surface area contributed by atoms with Gasteiger partial charge in [0.25, 0.3) is 0 Å². The molecule has 0 heterocycles. The number of halogens is 1. The molecule has 0 saturated carbocycles. The Kier molecular flexibility index (Phi) is 5.51. The van der Waals surface area contributed by atoms with Crippen molar-refractivity contribution in [2.24, 2.45) is 0 Å². The molecular weight excluding hydrogens is 212 g/mol. The number of rotatable bonds is 6. The van der Waals surface area contributed by atoms with E-state index in [1.165, 1.54) is 5.56 Å². The number of hydrogen-bond acceptors (Lipinski definition) is 2. The maximum absolute atomic E-state index is 6.16. The molecule has 0 aliphatic carbocycles. The molecule has 2 nitrogen and oxygen atoms in total. The molecule has 84 valence electrons. The Labute approximate surface area is 96.2 Å². The molecule has 1 rings (SSSR count). The Hall–Kier alpha value is -0.730. The monoisotopic (exact) mass is 228 g/mol. The summed E-state index contributed by atoms with van der Waals surface area (Å²) in [5, 5.41) is 0.137. The molecule has 1 aromatic carbocycles. The summed E-state index contributed by atoms with van der Waals surface area (Å²) in [6.45, 7) is 0.713. The molecule has 0 N–H and O–H groups in total. The fraction of sp³-hybridized carbons (Fsp3) is 0.500. The van der Waals surface area contributed by atoms with Gasteiger partial charge < -0.3 is 9.47 Å². The van der Waals surface area contributed by atoms with E-state index in [-0.39, 0.29) is 5.38 Å². The van der Waals surface area contributed by atoms with Gasteiger partial charge in [0.15, 0.2) is 0 Å². The third-order valence-corrected chi connectivity index (χ3v) is 2.62. The Bertz CT molecular complexity index is 271. The van der Waals surface area contributed by atoms with E-state index in [4.69, 9.17) is 21.1 Å². The van der Waals surface area contributed by atoms with Crippen molar-refractivity contribution in [2.75, 3.05) is 20.8 Å². The minimum absolute atomic E-state index is 0.137. The Morgan fingerprint density at radius 2 is 1.87 bits per heavy atom. The van der Waals surface area contributed by atoms with Crippen LogP contribution in [0.5, 0.6) is 5.75 Å². The quantitative estimate of drug-likeness (QED) is 0.698. The smallest absolute Gasteiger partial charge is 0.118 e. The maximum Gasteiger partial charge on any atom is 0.118 e. The van der Waals surface area contributed by atoms with Crippen LogP contribution in [-0.4, -0.2) is 26.2 Å². The minimum Gasteiger partial charge on any atom is -0.497 e. The Balaban J connectivity index is 2.42. The predicted octanol–water partition coefficient (Wildman–Crippen LogP) is 2.88. The van der Waals surface area contributed by atoms with Crippen molar-refractivity contribution in [3.63, 3.8) is 0 Å². The van der Waals surface area contributed by atoms with Crippen LogP contribution >= 0.6 is 11.6 Å². The third-order valence-electron chi connectivity index (χ3n) is 2.25. The summed E-state index contributed by atoms with van der Waals surface area (Å²) >= 11 is 6.16. The molecular formula is C12H17ClO2. The van der Waals surface area contributed by atoms with Crippen LogP contribution in [0.4, 0.5) is 0 Å². The van der Waals surface area contributed by atoms with E-state index in [0.29, 0.717) is 6.61 Å². The first-order valence-electron chi connectivity index (χ1n) is 5.02. The summed E-state index contributed by atoms with van der Waals surface area (Å²) < 4.78 is 10.1. The number of benzene rings is 1. The van der Waals surface area contributed by atoms with Crippen molar-refractivity contribution < 1.29 is 9.47 Å². The fourth-order valence-electron chi connectivity index (χ4n) is 1.37. The second-order valence-electron chi connectivity index (χ2n) is 3.43. The van der Waals surface area contributed by atoms with E-state index < -0.39 is 0 Å². The lowest BCUT2D eigenvalue weighted by Gasteiger charge is -2.09. The van der Waals surface area contributed by atoms with Gasteiger partial charge in [0, 0.05) is 19.1 Å². The van der Waals surface area contributed by atoms with Gasteiger partial charge in [0.1, 0.15) is 5.75 Å². The normalized spacial score (nSPS) is 12.5. The fourth-order valence-corrected chi connectivity index (χ4v) is 1.63. The highest BCUT2D eigenvalue weighted by molar-refractivity contribution is 6.20. The Morgan fingerprint density at radius 1 is 1.20 bits per heavy atom. The molecule has 0 aliphatic heterocycles. The number of hydrogen-bond donors (Lipinski definition) is 0.